The minimum absolute atomic E-state index is 0.169. The molecule has 1 atom stereocenters. The Morgan fingerprint density at radius 3 is 2.53 bits per heavy atom. The van der Waals surface area contributed by atoms with Crippen LogP contribution in [0.5, 0.6) is 0 Å². The van der Waals surface area contributed by atoms with Crippen molar-refractivity contribution in [2.24, 2.45) is 0 Å². The molecule has 0 saturated heterocycles. The molecule has 0 aliphatic rings. The van der Waals surface area contributed by atoms with Gasteiger partial charge in [-0.25, -0.2) is 0 Å². The fourth-order valence-electron chi connectivity index (χ4n) is 1.65. The maximum absolute atomic E-state index is 12.5. The number of methoxy groups -OCH3 is 1. The predicted octanol–water partition coefficient (Wildman–Crippen LogP) is 2.91. The standard InChI is InChI=1S/C12H15BrF3NO2/c1-17(6-9(18)7-19-2)11-4-3-8(5-10(11)13)12(14,15)16/h3-5,9,18H,6-7H2,1-2H3. The Bertz CT molecular complexity index is 426. The fraction of sp³-hybridized carbons (Fsp3) is 0.500. The molecular formula is C12H15BrF3NO2. The lowest BCUT2D eigenvalue weighted by Gasteiger charge is -2.24. The molecule has 1 aromatic carbocycles. The fourth-order valence-corrected chi connectivity index (χ4v) is 2.33. The Kier molecular flexibility index (Phi) is 5.64. The second kappa shape index (κ2) is 6.58. The van der Waals surface area contributed by atoms with Gasteiger partial charge in [0.15, 0.2) is 0 Å². The summed E-state index contributed by atoms with van der Waals surface area (Å²) in [6, 6.07) is 3.40. The van der Waals surface area contributed by atoms with Crippen LogP contribution in [-0.4, -0.2) is 38.5 Å². The van der Waals surface area contributed by atoms with Crippen molar-refractivity contribution in [2.45, 2.75) is 12.3 Å². The zero-order chi connectivity index (χ0) is 14.6. The van der Waals surface area contributed by atoms with Crippen molar-refractivity contribution in [3.63, 3.8) is 0 Å². The molecule has 3 nitrogen and oxygen atoms in total. The van der Waals surface area contributed by atoms with E-state index in [0.29, 0.717) is 10.2 Å². The van der Waals surface area contributed by atoms with E-state index in [-0.39, 0.29) is 13.2 Å². The highest BCUT2D eigenvalue weighted by Crippen LogP contribution is 2.34. The zero-order valence-corrected chi connectivity index (χ0v) is 12.1. The van der Waals surface area contributed by atoms with Crippen LogP contribution in [0.1, 0.15) is 5.56 Å². The second-order valence-electron chi connectivity index (χ2n) is 4.15. The smallest absolute Gasteiger partial charge is 0.389 e. The van der Waals surface area contributed by atoms with Crippen LogP contribution in [0.3, 0.4) is 0 Å². The van der Waals surface area contributed by atoms with Gasteiger partial charge in [0, 0.05) is 25.2 Å². The lowest BCUT2D eigenvalue weighted by atomic mass is 10.2. The summed E-state index contributed by atoms with van der Waals surface area (Å²) in [7, 11) is 3.16. The molecule has 0 aliphatic heterocycles. The second-order valence-corrected chi connectivity index (χ2v) is 5.01. The summed E-state index contributed by atoms with van der Waals surface area (Å²) in [4.78, 5) is 1.66. The van der Waals surface area contributed by atoms with Gasteiger partial charge in [-0.2, -0.15) is 13.2 Å². The highest BCUT2D eigenvalue weighted by molar-refractivity contribution is 9.10. The van der Waals surface area contributed by atoms with Crippen LogP contribution in [0.4, 0.5) is 18.9 Å². The first kappa shape index (κ1) is 16.3. The summed E-state index contributed by atoms with van der Waals surface area (Å²) in [5.41, 5.74) is -0.142. The molecule has 19 heavy (non-hydrogen) atoms. The van der Waals surface area contributed by atoms with Crippen molar-refractivity contribution >= 4 is 21.6 Å². The first-order valence-electron chi connectivity index (χ1n) is 5.50. The Morgan fingerprint density at radius 2 is 2.05 bits per heavy atom. The number of rotatable bonds is 5. The van der Waals surface area contributed by atoms with Crippen molar-refractivity contribution in [3.8, 4) is 0 Å². The van der Waals surface area contributed by atoms with Gasteiger partial charge in [0.2, 0.25) is 0 Å². The topological polar surface area (TPSA) is 32.7 Å². The van der Waals surface area contributed by atoms with Crippen molar-refractivity contribution < 1.29 is 23.0 Å². The molecule has 0 radical (unpaired) electrons. The number of nitrogens with zero attached hydrogens (tertiary/aromatic N) is 1. The first-order valence-corrected chi connectivity index (χ1v) is 6.30. The van der Waals surface area contributed by atoms with Crippen molar-refractivity contribution in [3.05, 3.63) is 28.2 Å². The largest absolute Gasteiger partial charge is 0.416 e. The molecule has 0 fully saturated rings. The van der Waals surface area contributed by atoms with E-state index < -0.39 is 17.8 Å². The normalized spacial score (nSPS) is 13.4. The molecule has 108 valence electrons. The van der Waals surface area contributed by atoms with Gasteiger partial charge in [0.1, 0.15) is 0 Å². The lowest BCUT2D eigenvalue weighted by Crippen LogP contribution is -2.32. The van der Waals surface area contributed by atoms with Crippen LogP contribution in [0.2, 0.25) is 0 Å². The number of hydrogen-bond acceptors (Lipinski definition) is 3. The van der Waals surface area contributed by atoms with E-state index in [1.54, 1.807) is 11.9 Å². The molecule has 1 aromatic rings. The van der Waals surface area contributed by atoms with E-state index in [2.05, 4.69) is 15.9 Å². The number of aliphatic hydroxyl groups excluding tert-OH is 1. The van der Waals surface area contributed by atoms with Crippen LogP contribution in [0.15, 0.2) is 22.7 Å². The van der Waals surface area contributed by atoms with Gasteiger partial charge in [-0.1, -0.05) is 0 Å². The van der Waals surface area contributed by atoms with Crippen molar-refractivity contribution in [2.75, 3.05) is 32.2 Å². The summed E-state index contributed by atoms with van der Waals surface area (Å²) in [6.45, 7) is 0.431. The molecular weight excluding hydrogens is 327 g/mol. The van der Waals surface area contributed by atoms with Crippen molar-refractivity contribution in [1.29, 1.82) is 0 Å². The number of anilines is 1. The number of hydrogen-bond donors (Lipinski definition) is 1. The van der Waals surface area contributed by atoms with Gasteiger partial charge in [-0.3, -0.25) is 0 Å². The summed E-state index contributed by atoms with van der Waals surface area (Å²) >= 11 is 3.11. The number of benzene rings is 1. The van der Waals surface area contributed by atoms with E-state index >= 15 is 0 Å². The maximum atomic E-state index is 12.5. The summed E-state index contributed by atoms with van der Waals surface area (Å²) in [5.74, 6) is 0. The lowest BCUT2D eigenvalue weighted by molar-refractivity contribution is -0.137. The zero-order valence-electron chi connectivity index (χ0n) is 10.5. The average molecular weight is 342 g/mol. The summed E-state index contributed by atoms with van der Waals surface area (Å²) in [6.07, 6.45) is -5.07. The molecule has 0 spiro atoms. The molecule has 0 bridgehead atoms. The Morgan fingerprint density at radius 1 is 1.42 bits per heavy atom. The van der Waals surface area contributed by atoms with E-state index in [1.807, 2.05) is 0 Å². The van der Waals surface area contributed by atoms with Gasteiger partial charge in [-0.15, -0.1) is 0 Å². The minimum atomic E-state index is -4.37. The molecule has 7 heteroatoms. The Labute approximate surface area is 118 Å². The molecule has 0 aromatic heterocycles. The van der Waals surface area contributed by atoms with Crippen LogP contribution >= 0.6 is 15.9 Å². The Balaban J connectivity index is 2.84. The van der Waals surface area contributed by atoms with E-state index in [1.165, 1.54) is 13.2 Å². The molecule has 1 rings (SSSR count). The number of alkyl halides is 3. The average Bonchev–Trinajstić information content (AvgIpc) is 2.27. The number of halogens is 4. The van der Waals surface area contributed by atoms with Crippen LogP contribution in [0.25, 0.3) is 0 Å². The third-order valence-electron chi connectivity index (χ3n) is 2.53. The monoisotopic (exact) mass is 341 g/mol. The molecule has 1 N–H and O–H groups in total. The molecule has 0 saturated carbocycles. The van der Waals surface area contributed by atoms with Gasteiger partial charge in [-0.05, 0) is 34.1 Å². The van der Waals surface area contributed by atoms with Gasteiger partial charge in [0.25, 0.3) is 0 Å². The number of aliphatic hydroxyl groups is 1. The van der Waals surface area contributed by atoms with Gasteiger partial charge in [0.05, 0.1) is 24.0 Å². The highest BCUT2D eigenvalue weighted by Gasteiger charge is 2.31. The summed E-state index contributed by atoms with van der Waals surface area (Å²) < 4.78 is 42.7. The Hall–Kier alpha value is -0.790. The quantitative estimate of drug-likeness (QED) is 0.893. The highest BCUT2D eigenvalue weighted by atomic mass is 79.9. The third kappa shape index (κ3) is 4.67. The van der Waals surface area contributed by atoms with Crippen molar-refractivity contribution in [1.82, 2.24) is 0 Å². The van der Waals surface area contributed by atoms with E-state index in [4.69, 9.17) is 4.74 Å². The maximum Gasteiger partial charge on any atom is 0.416 e. The van der Waals surface area contributed by atoms with Crippen LogP contribution < -0.4 is 4.90 Å². The van der Waals surface area contributed by atoms with E-state index in [0.717, 1.165) is 12.1 Å². The third-order valence-corrected chi connectivity index (χ3v) is 3.17. The summed E-state index contributed by atoms with van der Waals surface area (Å²) in [5, 5.41) is 9.59. The van der Waals surface area contributed by atoms with E-state index in [9.17, 15) is 18.3 Å². The van der Waals surface area contributed by atoms with Crippen LogP contribution in [-0.2, 0) is 10.9 Å². The SMILES string of the molecule is COCC(O)CN(C)c1ccc(C(F)(F)F)cc1Br. The minimum Gasteiger partial charge on any atom is -0.389 e. The number of likely N-dealkylation sites (N-methyl/N-ethyl adjacent to an activating group) is 1. The van der Waals surface area contributed by atoms with Gasteiger partial charge >= 0.3 is 6.18 Å². The molecule has 0 heterocycles. The molecule has 0 amide bonds. The van der Waals surface area contributed by atoms with Gasteiger partial charge < -0.3 is 14.7 Å². The molecule has 1 unspecified atom stereocenters. The predicted molar refractivity (Wildman–Crippen MR) is 70.3 cm³/mol. The van der Waals surface area contributed by atoms with Crippen LogP contribution in [0, 0.1) is 0 Å². The molecule has 0 aliphatic carbocycles. The number of ether oxygens (including phenoxy) is 1. The first-order chi connectivity index (χ1) is 8.75.